The summed E-state index contributed by atoms with van der Waals surface area (Å²) in [5, 5.41) is 0. The van der Waals surface area contributed by atoms with Gasteiger partial charge in [-0.3, -0.25) is 9.88 Å². The van der Waals surface area contributed by atoms with E-state index < -0.39 is 0 Å². The Morgan fingerprint density at radius 2 is 1.89 bits per heavy atom. The molecule has 0 saturated heterocycles. The lowest BCUT2D eigenvalue weighted by Gasteiger charge is -2.26. The molecule has 1 rings (SSSR count). The SMILES string of the molecule is CCN(CCC(N)CC(C)(C)C)Cc1ccncc1. The smallest absolute Gasteiger partial charge is 0.0271 e. The van der Waals surface area contributed by atoms with E-state index in [-0.39, 0.29) is 0 Å². The van der Waals surface area contributed by atoms with E-state index in [2.05, 4.69) is 49.7 Å². The maximum absolute atomic E-state index is 6.22. The first-order valence-corrected chi connectivity index (χ1v) is 7.27. The van der Waals surface area contributed by atoms with Crippen molar-refractivity contribution in [3.8, 4) is 0 Å². The number of nitrogens with zero attached hydrogens (tertiary/aromatic N) is 2. The Labute approximate surface area is 118 Å². The zero-order chi connectivity index (χ0) is 14.3. The Morgan fingerprint density at radius 3 is 2.42 bits per heavy atom. The van der Waals surface area contributed by atoms with Crippen LogP contribution in [-0.4, -0.2) is 29.0 Å². The summed E-state index contributed by atoms with van der Waals surface area (Å²) >= 11 is 0. The molecule has 3 heteroatoms. The van der Waals surface area contributed by atoms with Crippen molar-refractivity contribution in [1.82, 2.24) is 9.88 Å². The van der Waals surface area contributed by atoms with Gasteiger partial charge < -0.3 is 5.73 Å². The molecule has 0 radical (unpaired) electrons. The van der Waals surface area contributed by atoms with Crippen molar-refractivity contribution in [2.24, 2.45) is 11.1 Å². The van der Waals surface area contributed by atoms with Crippen LogP contribution in [0.1, 0.15) is 46.1 Å². The molecule has 0 aliphatic rings. The molecule has 0 aromatic carbocycles. The Hall–Kier alpha value is -0.930. The molecule has 0 bridgehead atoms. The largest absolute Gasteiger partial charge is 0.328 e. The third-order valence-electron chi connectivity index (χ3n) is 3.29. The summed E-state index contributed by atoms with van der Waals surface area (Å²) in [6, 6.07) is 4.46. The molecular weight excluding hydrogens is 234 g/mol. The maximum Gasteiger partial charge on any atom is 0.0271 e. The number of pyridine rings is 1. The second-order valence-corrected chi connectivity index (χ2v) is 6.54. The molecule has 1 aromatic heterocycles. The van der Waals surface area contributed by atoms with Crippen LogP contribution in [0.15, 0.2) is 24.5 Å². The van der Waals surface area contributed by atoms with Gasteiger partial charge in [0, 0.05) is 25.0 Å². The minimum Gasteiger partial charge on any atom is -0.328 e. The molecule has 1 unspecified atom stereocenters. The highest BCUT2D eigenvalue weighted by atomic mass is 15.1. The molecule has 0 fully saturated rings. The Balaban J connectivity index is 2.37. The van der Waals surface area contributed by atoms with Gasteiger partial charge in [0.25, 0.3) is 0 Å². The average Bonchev–Trinajstić information content (AvgIpc) is 2.33. The Bertz CT molecular complexity index is 343. The van der Waals surface area contributed by atoms with Crippen molar-refractivity contribution in [1.29, 1.82) is 0 Å². The second-order valence-electron chi connectivity index (χ2n) is 6.54. The summed E-state index contributed by atoms with van der Waals surface area (Å²) in [7, 11) is 0. The van der Waals surface area contributed by atoms with E-state index >= 15 is 0 Å². The fraction of sp³-hybridized carbons (Fsp3) is 0.688. The third-order valence-corrected chi connectivity index (χ3v) is 3.29. The zero-order valence-electron chi connectivity index (χ0n) is 12.9. The number of rotatable bonds is 7. The van der Waals surface area contributed by atoms with Crippen molar-refractivity contribution in [2.75, 3.05) is 13.1 Å². The fourth-order valence-corrected chi connectivity index (χ4v) is 2.33. The predicted molar refractivity (Wildman–Crippen MR) is 81.9 cm³/mol. The van der Waals surface area contributed by atoms with Gasteiger partial charge >= 0.3 is 0 Å². The van der Waals surface area contributed by atoms with Crippen molar-refractivity contribution in [3.05, 3.63) is 30.1 Å². The van der Waals surface area contributed by atoms with Crippen LogP contribution in [0.25, 0.3) is 0 Å². The fourth-order valence-electron chi connectivity index (χ4n) is 2.33. The van der Waals surface area contributed by atoms with E-state index in [1.54, 1.807) is 0 Å². The molecule has 3 nitrogen and oxygen atoms in total. The highest BCUT2D eigenvalue weighted by Gasteiger charge is 2.16. The van der Waals surface area contributed by atoms with Crippen LogP contribution in [0.2, 0.25) is 0 Å². The quantitative estimate of drug-likeness (QED) is 0.822. The van der Waals surface area contributed by atoms with E-state index in [4.69, 9.17) is 5.73 Å². The summed E-state index contributed by atoms with van der Waals surface area (Å²) in [6.07, 6.45) is 5.86. The third kappa shape index (κ3) is 7.28. The van der Waals surface area contributed by atoms with Crippen LogP contribution in [0.5, 0.6) is 0 Å². The maximum atomic E-state index is 6.22. The molecule has 0 amide bonds. The number of nitrogens with two attached hydrogens (primary N) is 1. The molecule has 19 heavy (non-hydrogen) atoms. The van der Waals surface area contributed by atoms with Crippen molar-refractivity contribution >= 4 is 0 Å². The van der Waals surface area contributed by atoms with Crippen molar-refractivity contribution in [3.63, 3.8) is 0 Å². The normalized spacial score (nSPS) is 13.8. The summed E-state index contributed by atoms with van der Waals surface area (Å²) in [4.78, 5) is 6.50. The number of hydrogen-bond acceptors (Lipinski definition) is 3. The summed E-state index contributed by atoms with van der Waals surface area (Å²) in [6.45, 7) is 12.1. The van der Waals surface area contributed by atoms with Gasteiger partial charge in [0.15, 0.2) is 0 Å². The van der Waals surface area contributed by atoms with Gasteiger partial charge in [0.05, 0.1) is 0 Å². The van der Waals surface area contributed by atoms with Crippen LogP contribution in [0.3, 0.4) is 0 Å². The molecule has 0 aliphatic carbocycles. The van der Waals surface area contributed by atoms with E-state index in [1.807, 2.05) is 12.4 Å². The minimum absolute atomic E-state index is 0.298. The van der Waals surface area contributed by atoms with E-state index in [0.717, 1.165) is 32.5 Å². The Morgan fingerprint density at radius 1 is 1.26 bits per heavy atom. The number of aromatic nitrogens is 1. The van der Waals surface area contributed by atoms with Crippen molar-refractivity contribution in [2.45, 2.75) is 53.1 Å². The van der Waals surface area contributed by atoms with Gasteiger partial charge in [0.1, 0.15) is 0 Å². The van der Waals surface area contributed by atoms with Gasteiger partial charge in [0.2, 0.25) is 0 Å². The van der Waals surface area contributed by atoms with Crippen LogP contribution in [0, 0.1) is 5.41 Å². The predicted octanol–water partition coefficient (Wildman–Crippen LogP) is 3.06. The molecule has 0 spiro atoms. The molecule has 0 saturated carbocycles. The topological polar surface area (TPSA) is 42.1 Å². The standard InChI is InChI=1S/C16H29N3/c1-5-19(13-14-6-9-18-10-7-14)11-8-15(17)12-16(2,3)4/h6-7,9-10,15H,5,8,11-13,17H2,1-4H3. The molecular formula is C16H29N3. The molecule has 108 valence electrons. The summed E-state index contributed by atoms with van der Waals surface area (Å²) in [5.74, 6) is 0. The lowest BCUT2D eigenvalue weighted by molar-refractivity contribution is 0.250. The van der Waals surface area contributed by atoms with E-state index in [1.165, 1.54) is 5.56 Å². The monoisotopic (exact) mass is 263 g/mol. The summed E-state index contributed by atoms with van der Waals surface area (Å²) in [5.41, 5.74) is 7.86. The highest BCUT2D eigenvalue weighted by Crippen LogP contribution is 2.21. The first kappa shape index (κ1) is 16.1. The lowest BCUT2D eigenvalue weighted by Crippen LogP contribution is -2.32. The van der Waals surface area contributed by atoms with Gasteiger partial charge in [-0.25, -0.2) is 0 Å². The van der Waals surface area contributed by atoms with Crippen LogP contribution >= 0.6 is 0 Å². The van der Waals surface area contributed by atoms with Crippen molar-refractivity contribution < 1.29 is 0 Å². The first-order valence-electron chi connectivity index (χ1n) is 7.27. The Kier molecular flexibility index (Phi) is 6.46. The molecule has 0 aliphatic heterocycles. The van der Waals surface area contributed by atoms with Gasteiger partial charge in [-0.15, -0.1) is 0 Å². The minimum atomic E-state index is 0.298. The zero-order valence-corrected chi connectivity index (χ0v) is 12.9. The molecule has 1 atom stereocenters. The molecule has 1 heterocycles. The average molecular weight is 263 g/mol. The van der Waals surface area contributed by atoms with Crippen LogP contribution in [0.4, 0.5) is 0 Å². The van der Waals surface area contributed by atoms with Gasteiger partial charge in [-0.1, -0.05) is 27.7 Å². The van der Waals surface area contributed by atoms with Crippen LogP contribution < -0.4 is 5.73 Å². The number of hydrogen-bond donors (Lipinski definition) is 1. The second kappa shape index (κ2) is 7.61. The summed E-state index contributed by atoms with van der Waals surface area (Å²) < 4.78 is 0. The molecule has 2 N–H and O–H groups in total. The first-order chi connectivity index (χ1) is 8.90. The van der Waals surface area contributed by atoms with Gasteiger partial charge in [-0.05, 0) is 49.0 Å². The highest BCUT2D eigenvalue weighted by molar-refractivity contribution is 5.09. The van der Waals surface area contributed by atoms with Gasteiger partial charge in [-0.2, -0.15) is 0 Å². The van der Waals surface area contributed by atoms with E-state index in [0.29, 0.717) is 11.5 Å². The van der Waals surface area contributed by atoms with E-state index in [9.17, 15) is 0 Å². The lowest BCUT2D eigenvalue weighted by atomic mass is 9.87. The van der Waals surface area contributed by atoms with Crippen LogP contribution in [-0.2, 0) is 6.54 Å². The molecule has 1 aromatic rings.